The Morgan fingerprint density at radius 2 is 1.20 bits per heavy atom. The number of hydrogen-bond acceptors (Lipinski definition) is 0. The third-order valence-corrected chi connectivity index (χ3v) is 2.67. The van der Waals surface area contributed by atoms with Gasteiger partial charge in [0, 0.05) is 4.47 Å². The molecular weight excluding hydrogens is 248 g/mol. The van der Waals surface area contributed by atoms with E-state index >= 15 is 0 Å². The summed E-state index contributed by atoms with van der Waals surface area (Å²) in [6.07, 6.45) is 4.23. The van der Waals surface area contributed by atoms with Gasteiger partial charge in [0.25, 0.3) is 0 Å². The number of halogens is 1. The molecule has 0 atom stereocenters. The van der Waals surface area contributed by atoms with Crippen molar-refractivity contribution < 1.29 is 0 Å². The van der Waals surface area contributed by atoms with Crippen molar-refractivity contribution in [3.8, 4) is 0 Å². The first kappa shape index (κ1) is 10.2. The molecule has 0 aromatic heterocycles. The molecule has 0 spiro atoms. The molecule has 0 bridgehead atoms. The van der Waals surface area contributed by atoms with Gasteiger partial charge in [-0.15, -0.1) is 0 Å². The average Bonchev–Trinajstić information content (AvgIpc) is 2.30. The second-order valence-electron chi connectivity index (χ2n) is 3.30. The Labute approximate surface area is 98.4 Å². The predicted molar refractivity (Wildman–Crippen MR) is 69.5 cm³/mol. The van der Waals surface area contributed by atoms with Crippen molar-refractivity contribution in [3.05, 3.63) is 70.2 Å². The summed E-state index contributed by atoms with van der Waals surface area (Å²) in [5.74, 6) is 0. The minimum atomic E-state index is 1.11. The molecule has 0 saturated carbocycles. The second-order valence-corrected chi connectivity index (χ2v) is 4.21. The maximum Gasteiger partial charge on any atom is 0.0175 e. The Morgan fingerprint density at radius 1 is 0.667 bits per heavy atom. The van der Waals surface area contributed by atoms with E-state index in [9.17, 15) is 0 Å². The van der Waals surface area contributed by atoms with Crippen molar-refractivity contribution in [2.45, 2.75) is 0 Å². The molecule has 0 fully saturated rings. The highest BCUT2D eigenvalue weighted by molar-refractivity contribution is 9.10. The summed E-state index contributed by atoms with van der Waals surface area (Å²) in [4.78, 5) is 0. The Balaban J connectivity index is 2.15. The van der Waals surface area contributed by atoms with Gasteiger partial charge in [-0.1, -0.05) is 70.5 Å². The summed E-state index contributed by atoms with van der Waals surface area (Å²) in [7, 11) is 0. The van der Waals surface area contributed by atoms with E-state index in [1.54, 1.807) is 0 Å². The summed E-state index contributed by atoms with van der Waals surface area (Å²) < 4.78 is 1.11. The van der Waals surface area contributed by atoms with Crippen LogP contribution in [0.3, 0.4) is 0 Å². The topological polar surface area (TPSA) is 0 Å². The van der Waals surface area contributed by atoms with E-state index in [0.717, 1.165) is 4.47 Å². The van der Waals surface area contributed by atoms with E-state index in [0.29, 0.717) is 0 Å². The fraction of sp³-hybridized carbons (Fsp3) is 0. The van der Waals surface area contributed by atoms with E-state index in [1.165, 1.54) is 11.1 Å². The first-order valence-electron chi connectivity index (χ1n) is 4.83. The van der Waals surface area contributed by atoms with Crippen LogP contribution in [0.1, 0.15) is 11.1 Å². The first-order valence-corrected chi connectivity index (χ1v) is 5.62. The average molecular weight is 259 g/mol. The van der Waals surface area contributed by atoms with Crippen molar-refractivity contribution in [1.29, 1.82) is 0 Å². The molecule has 2 aromatic rings. The molecule has 0 aliphatic carbocycles. The maximum absolute atomic E-state index is 3.42. The molecule has 0 unspecified atom stereocenters. The quantitative estimate of drug-likeness (QED) is 0.690. The van der Waals surface area contributed by atoms with E-state index in [1.807, 2.05) is 30.3 Å². The molecule has 0 aliphatic heterocycles. The van der Waals surface area contributed by atoms with Gasteiger partial charge in [-0.2, -0.15) is 0 Å². The number of rotatable bonds is 2. The van der Waals surface area contributed by atoms with E-state index < -0.39 is 0 Å². The Morgan fingerprint density at radius 3 is 1.80 bits per heavy atom. The van der Waals surface area contributed by atoms with Crippen molar-refractivity contribution in [2.75, 3.05) is 0 Å². The standard InChI is InChI=1S/C14H11Br/c15-14-10-8-13(9-11-14)7-6-12-4-2-1-3-5-12/h1-11H/b7-6+. The van der Waals surface area contributed by atoms with Crippen LogP contribution in [0.4, 0.5) is 0 Å². The summed E-state index contributed by atoms with van der Waals surface area (Å²) in [6.45, 7) is 0. The highest BCUT2D eigenvalue weighted by Gasteiger charge is 1.87. The summed E-state index contributed by atoms with van der Waals surface area (Å²) >= 11 is 3.42. The van der Waals surface area contributed by atoms with Gasteiger partial charge in [-0.25, -0.2) is 0 Å². The van der Waals surface area contributed by atoms with Gasteiger partial charge in [-0.3, -0.25) is 0 Å². The minimum Gasteiger partial charge on any atom is -0.0622 e. The zero-order valence-electron chi connectivity index (χ0n) is 8.23. The van der Waals surface area contributed by atoms with Gasteiger partial charge in [-0.05, 0) is 23.3 Å². The molecule has 0 aliphatic rings. The van der Waals surface area contributed by atoms with E-state index in [4.69, 9.17) is 0 Å². The lowest BCUT2D eigenvalue weighted by Crippen LogP contribution is -1.72. The Kier molecular flexibility index (Phi) is 3.36. The lowest BCUT2D eigenvalue weighted by molar-refractivity contribution is 1.61. The minimum absolute atomic E-state index is 1.11. The van der Waals surface area contributed by atoms with Gasteiger partial charge in [0.05, 0.1) is 0 Å². The smallest absolute Gasteiger partial charge is 0.0175 e. The van der Waals surface area contributed by atoms with Crippen molar-refractivity contribution in [2.24, 2.45) is 0 Å². The Bertz CT molecular complexity index is 441. The van der Waals surface area contributed by atoms with Crippen LogP contribution in [0, 0.1) is 0 Å². The lowest BCUT2D eigenvalue weighted by atomic mass is 10.1. The first-order chi connectivity index (χ1) is 7.34. The van der Waals surface area contributed by atoms with Crippen LogP contribution >= 0.6 is 15.9 Å². The van der Waals surface area contributed by atoms with Crippen molar-refractivity contribution in [3.63, 3.8) is 0 Å². The van der Waals surface area contributed by atoms with Crippen LogP contribution < -0.4 is 0 Å². The predicted octanol–water partition coefficient (Wildman–Crippen LogP) is 4.62. The van der Waals surface area contributed by atoms with Gasteiger partial charge < -0.3 is 0 Å². The zero-order valence-corrected chi connectivity index (χ0v) is 9.81. The van der Waals surface area contributed by atoms with E-state index in [-0.39, 0.29) is 0 Å². The third kappa shape index (κ3) is 3.07. The van der Waals surface area contributed by atoms with E-state index in [2.05, 4.69) is 52.3 Å². The summed E-state index contributed by atoms with van der Waals surface area (Å²) in [5, 5.41) is 0. The molecule has 0 saturated heterocycles. The molecule has 0 N–H and O–H groups in total. The molecule has 0 nitrogen and oxygen atoms in total. The monoisotopic (exact) mass is 258 g/mol. The Hall–Kier alpha value is -1.34. The van der Waals surface area contributed by atoms with Gasteiger partial charge in [0.2, 0.25) is 0 Å². The highest BCUT2D eigenvalue weighted by Crippen LogP contribution is 2.13. The lowest BCUT2D eigenvalue weighted by Gasteiger charge is -1.94. The largest absolute Gasteiger partial charge is 0.0622 e. The molecule has 2 aromatic carbocycles. The molecule has 1 heteroatoms. The maximum atomic E-state index is 3.42. The highest BCUT2D eigenvalue weighted by atomic mass is 79.9. The molecule has 2 rings (SSSR count). The molecule has 0 radical (unpaired) electrons. The normalized spacial score (nSPS) is 10.7. The van der Waals surface area contributed by atoms with Gasteiger partial charge in [0.15, 0.2) is 0 Å². The third-order valence-electron chi connectivity index (χ3n) is 2.14. The SMILES string of the molecule is Brc1ccc(/C=C/c2ccccc2)cc1. The zero-order chi connectivity index (χ0) is 10.5. The molecule has 0 heterocycles. The molecule has 74 valence electrons. The van der Waals surface area contributed by atoms with Gasteiger partial charge in [0.1, 0.15) is 0 Å². The van der Waals surface area contributed by atoms with Gasteiger partial charge >= 0.3 is 0 Å². The fourth-order valence-electron chi connectivity index (χ4n) is 1.33. The number of hydrogen-bond donors (Lipinski definition) is 0. The van der Waals surface area contributed by atoms with Crippen LogP contribution in [0.25, 0.3) is 12.2 Å². The van der Waals surface area contributed by atoms with Crippen LogP contribution in [0.5, 0.6) is 0 Å². The fourth-order valence-corrected chi connectivity index (χ4v) is 1.59. The number of benzene rings is 2. The summed E-state index contributed by atoms with van der Waals surface area (Å²) in [6, 6.07) is 18.6. The van der Waals surface area contributed by atoms with Crippen LogP contribution in [-0.4, -0.2) is 0 Å². The molecule has 0 amide bonds. The van der Waals surface area contributed by atoms with Crippen LogP contribution in [0.15, 0.2) is 59.1 Å². The second kappa shape index (κ2) is 4.94. The molecular formula is C14H11Br. The van der Waals surface area contributed by atoms with Crippen molar-refractivity contribution in [1.82, 2.24) is 0 Å². The van der Waals surface area contributed by atoms with Crippen LogP contribution in [-0.2, 0) is 0 Å². The molecule has 15 heavy (non-hydrogen) atoms. The summed E-state index contributed by atoms with van der Waals surface area (Å²) in [5.41, 5.74) is 2.43. The van der Waals surface area contributed by atoms with Crippen molar-refractivity contribution >= 4 is 28.1 Å². The van der Waals surface area contributed by atoms with Crippen LogP contribution in [0.2, 0.25) is 0 Å².